The number of esters is 1. The minimum atomic E-state index is -0.354. The van der Waals surface area contributed by atoms with Gasteiger partial charge in [0.25, 0.3) is 11.8 Å². The molecule has 30 heavy (non-hydrogen) atoms. The summed E-state index contributed by atoms with van der Waals surface area (Å²) in [5, 5.41) is 3.29. The molecule has 0 aliphatic carbocycles. The maximum absolute atomic E-state index is 13.4. The second kappa shape index (κ2) is 9.76. The van der Waals surface area contributed by atoms with Gasteiger partial charge in [0, 0.05) is 11.9 Å². The summed E-state index contributed by atoms with van der Waals surface area (Å²) in [5.74, 6) is -0.846. The normalized spacial score (nSPS) is 12.7. The molecule has 0 fully saturated rings. The van der Waals surface area contributed by atoms with E-state index in [9.17, 15) is 14.4 Å². The van der Waals surface area contributed by atoms with Crippen molar-refractivity contribution in [2.45, 2.75) is 6.92 Å². The molecule has 1 aliphatic rings. The highest BCUT2D eigenvalue weighted by molar-refractivity contribution is 6.31. The lowest BCUT2D eigenvalue weighted by molar-refractivity contribution is -0.882. The topological polar surface area (TPSA) is 75.7 Å². The van der Waals surface area contributed by atoms with E-state index in [-0.39, 0.29) is 54.9 Å². The maximum Gasteiger partial charge on any atom is 0.302 e. The largest absolute Gasteiger partial charge is 1.00 e. The number of nitrogens with zero attached hydrogens (tertiary/aromatic N) is 2. The Morgan fingerprint density at radius 3 is 2.53 bits per heavy atom. The van der Waals surface area contributed by atoms with Gasteiger partial charge in [-0.3, -0.25) is 19.3 Å². The zero-order valence-electron chi connectivity index (χ0n) is 16.9. The minimum Gasteiger partial charge on any atom is -1.00 e. The summed E-state index contributed by atoms with van der Waals surface area (Å²) in [4.78, 5) is 38.7. The number of benzene rings is 2. The molecule has 160 valence electrons. The van der Waals surface area contributed by atoms with Crippen LogP contribution in [-0.4, -0.2) is 56.1 Å². The van der Waals surface area contributed by atoms with Gasteiger partial charge in [0.1, 0.15) is 13.2 Å². The summed E-state index contributed by atoms with van der Waals surface area (Å²) < 4.78 is 5.33. The number of amides is 2. The summed E-state index contributed by atoms with van der Waals surface area (Å²) in [5.41, 5.74) is 1.93. The molecular weight excluding hydrogens is 521 g/mol. The van der Waals surface area contributed by atoms with Gasteiger partial charge in [0.05, 0.1) is 36.7 Å². The third kappa shape index (κ3) is 5.50. The molecule has 0 saturated heterocycles. The third-order valence-electron chi connectivity index (χ3n) is 4.65. The van der Waals surface area contributed by atoms with Gasteiger partial charge in [-0.1, -0.05) is 23.7 Å². The number of halogens is 2. The van der Waals surface area contributed by atoms with Gasteiger partial charge in [0.2, 0.25) is 0 Å². The van der Waals surface area contributed by atoms with Crippen LogP contribution in [0.15, 0.2) is 42.5 Å². The van der Waals surface area contributed by atoms with Crippen molar-refractivity contribution in [1.82, 2.24) is 0 Å². The molecule has 0 radical (unpaired) electrons. The predicted octanol–water partition coefficient (Wildman–Crippen LogP) is 0.214. The van der Waals surface area contributed by atoms with E-state index in [1.165, 1.54) is 6.92 Å². The first-order chi connectivity index (χ1) is 13.7. The molecule has 1 aliphatic heterocycles. The van der Waals surface area contributed by atoms with Gasteiger partial charge in [-0.05, 0) is 30.3 Å². The van der Waals surface area contributed by atoms with Gasteiger partial charge >= 0.3 is 5.97 Å². The third-order valence-corrected chi connectivity index (χ3v) is 4.89. The lowest BCUT2D eigenvalue weighted by atomic mass is 10.1. The molecule has 0 bridgehead atoms. The quantitative estimate of drug-likeness (QED) is 0.333. The molecule has 1 heterocycles. The Morgan fingerprint density at radius 1 is 1.13 bits per heavy atom. The van der Waals surface area contributed by atoms with E-state index in [0.717, 1.165) is 0 Å². The van der Waals surface area contributed by atoms with Crippen molar-refractivity contribution in [3.8, 4) is 0 Å². The first-order valence-corrected chi connectivity index (χ1v) is 9.54. The number of anilines is 3. The number of hydrogen-bond acceptors (Lipinski definition) is 4. The smallest absolute Gasteiger partial charge is 0.302 e. The molecule has 2 amide bonds. The second-order valence-electron chi connectivity index (χ2n) is 7.52. The molecule has 0 saturated carbocycles. The van der Waals surface area contributed by atoms with Gasteiger partial charge in [-0.15, -0.1) is 0 Å². The lowest BCUT2D eigenvalue weighted by Gasteiger charge is -2.32. The van der Waals surface area contributed by atoms with Crippen LogP contribution < -0.4 is 34.2 Å². The Labute approximate surface area is 197 Å². The minimum absolute atomic E-state index is 0. The monoisotopic (exact) mass is 543 g/mol. The standard InChI is InChI=1S/C21H22ClN3O4.HI/c1-14(26)29-11-10-25(2,3)13-20(27)24-18-7-5-4-6-16(18)21(28)23-17-12-15(22)8-9-19(17)24;/h4-9,12H,10-11,13H2,1-3H3;1H. The number of quaternary nitrogens is 1. The van der Waals surface area contributed by atoms with Crippen molar-refractivity contribution in [3.63, 3.8) is 0 Å². The molecule has 2 aromatic carbocycles. The van der Waals surface area contributed by atoms with E-state index in [1.807, 2.05) is 14.1 Å². The fourth-order valence-electron chi connectivity index (χ4n) is 3.20. The predicted molar refractivity (Wildman–Crippen MR) is 111 cm³/mol. The van der Waals surface area contributed by atoms with Crippen molar-refractivity contribution in [2.75, 3.05) is 44.0 Å². The summed E-state index contributed by atoms with van der Waals surface area (Å²) in [6.07, 6.45) is 0. The van der Waals surface area contributed by atoms with Gasteiger partial charge < -0.3 is 38.5 Å². The molecule has 0 aromatic heterocycles. The Morgan fingerprint density at radius 2 is 1.83 bits per heavy atom. The van der Waals surface area contributed by atoms with Crippen LogP contribution in [0.3, 0.4) is 0 Å². The Hall–Kier alpha value is -2.17. The molecule has 9 heteroatoms. The van der Waals surface area contributed by atoms with Gasteiger partial charge in [0.15, 0.2) is 6.54 Å². The van der Waals surface area contributed by atoms with E-state index in [0.29, 0.717) is 38.7 Å². The van der Waals surface area contributed by atoms with Crippen molar-refractivity contribution < 1.29 is 47.6 Å². The van der Waals surface area contributed by atoms with E-state index in [2.05, 4.69) is 5.32 Å². The molecule has 0 atom stereocenters. The van der Waals surface area contributed by atoms with Crippen molar-refractivity contribution in [3.05, 3.63) is 53.1 Å². The summed E-state index contributed by atoms with van der Waals surface area (Å²) >= 11 is 6.11. The molecule has 2 aromatic rings. The van der Waals surface area contributed by atoms with Crippen molar-refractivity contribution in [1.29, 1.82) is 0 Å². The van der Waals surface area contributed by atoms with E-state index in [1.54, 1.807) is 47.4 Å². The number of rotatable bonds is 5. The average molecular weight is 544 g/mol. The summed E-state index contributed by atoms with van der Waals surface area (Å²) in [7, 11) is 3.77. The first kappa shape index (κ1) is 24.1. The van der Waals surface area contributed by atoms with Crippen LogP contribution in [0.25, 0.3) is 0 Å². The fraction of sp³-hybridized carbons (Fsp3) is 0.286. The first-order valence-electron chi connectivity index (χ1n) is 9.16. The highest BCUT2D eigenvalue weighted by atomic mass is 127. The summed E-state index contributed by atoms with van der Waals surface area (Å²) in [6, 6.07) is 12.0. The number of carbonyl (C=O) groups is 3. The van der Waals surface area contributed by atoms with E-state index < -0.39 is 0 Å². The number of likely N-dealkylation sites (N-methyl/N-ethyl adjacent to an activating group) is 1. The number of para-hydroxylation sites is 1. The number of ether oxygens (including phenoxy) is 1. The number of nitrogens with one attached hydrogen (secondary N) is 1. The van der Waals surface area contributed by atoms with Crippen molar-refractivity contribution in [2.24, 2.45) is 0 Å². The number of carbonyl (C=O) groups excluding carboxylic acids is 3. The molecule has 0 unspecified atom stereocenters. The van der Waals surface area contributed by atoms with Gasteiger partial charge in [-0.2, -0.15) is 0 Å². The van der Waals surface area contributed by atoms with Crippen molar-refractivity contribution >= 4 is 46.4 Å². The van der Waals surface area contributed by atoms with Crippen LogP contribution in [0.2, 0.25) is 5.02 Å². The van der Waals surface area contributed by atoms with Crippen LogP contribution in [0, 0.1) is 0 Å². The Bertz CT molecular complexity index is 980. The Kier molecular flexibility index (Phi) is 7.84. The number of fused-ring (bicyclic) bond motifs is 2. The van der Waals surface area contributed by atoms with E-state index >= 15 is 0 Å². The zero-order valence-corrected chi connectivity index (χ0v) is 19.9. The Balaban J connectivity index is 0.00000320. The highest BCUT2D eigenvalue weighted by Gasteiger charge is 2.32. The highest BCUT2D eigenvalue weighted by Crippen LogP contribution is 2.39. The van der Waals surface area contributed by atoms with Crippen LogP contribution in [0.4, 0.5) is 17.1 Å². The summed E-state index contributed by atoms with van der Waals surface area (Å²) in [6.45, 7) is 2.20. The number of hydrogen-bond donors (Lipinski definition) is 1. The zero-order chi connectivity index (χ0) is 21.2. The lowest BCUT2D eigenvalue weighted by Crippen LogP contribution is -3.00. The van der Waals surface area contributed by atoms with Gasteiger partial charge in [-0.25, -0.2) is 0 Å². The van der Waals surface area contributed by atoms with Crippen LogP contribution in [0.1, 0.15) is 17.3 Å². The SMILES string of the molecule is CC(=O)OCC[N+](C)(C)CC(=O)N1c2ccc(Cl)cc2NC(=O)c2ccccc21.[I-]. The molecule has 7 nitrogen and oxygen atoms in total. The van der Waals surface area contributed by atoms with Crippen LogP contribution in [0.5, 0.6) is 0 Å². The molecule has 0 spiro atoms. The fourth-order valence-corrected chi connectivity index (χ4v) is 3.38. The average Bonchev–Trinajstić information content (AvgIpc) is 2.74. The van der Waals surface area contributed by atoms with Crippen LogP contribution in [-0.2, 0) is 14.3 Å². The second-order valence-corrected chi connectivity index (χ2v) is 7.96. The van der Waals surface area contributed by atoms with E-state index in [4.69, 9.17) is 16.3 Å². The maximum atomic E-state index is 13.4. The molecule has 3 rings (SSSR count). The molecular formula is C21H23ClIN3O4. The van der Waals surface area contributed by atoms with Crippen LogP contribution >= 0.6 is 11.6 Å². The molecule has 1 N–H and O–H groups in total.